The minimum absolute atomic E-state index is 0.195. The molecule has 2 aromatic rings. The molecule has 0 spiro atoms. The number of hydrogen-bond acceptors (Lipinski definition) is 5. The number of nitrogens with two attached hydrogens (primary N) is 1. The lowest BCUT2D eigenvalue weighted by Gasteiger charge is -2.13. The smallest absolute Gasteiger partial charge is 0.202 e. The summed E-state index contributed by atoms with van der Waals surface area (Å²) in [6.45, 7) is 1.00. The molecule has 7 heteroatoms. The van der Waals surface area contributed by atoms with Crippen molar-refractivity contribution in [3.05, 3.63) is 40.0 Å². The summed E-state index contributed by atoms with van der Waals surface area (Å²) < 4.78 is 10.8. The number of ether oxygens (including phenoxy) is 2. The fourth-order valence-corrected chi connectivity index (χ4v) is 2.18. The predicted molar refractivity (Wildman–Crippen MR) is 76.5 cm³/mol. The summed E-state index contributed by atoms with van der Waals surface area (Å²) in [5, 5.41) is 0.896. The molecule has 1 fully saturated rings. The van der Waals surface area contributed by atoms with Crippen LogP contribution in [0.3, 0.4) is 0 Å². The highest BCUT2D eigenvalue weighted by molar-refractivity contribution is 6.33. The van der Waals surface area contributed by atoms with Crippen LogP contribution in [0.4, 0.5) is 5.82 Å². The van der Waals surface area contributed by atoms with E-state index in [0.29, 0.717) is 29.8 Å². The SMILES string of the molecule is Nc1nc(-c2ccc(Cl)cc2)nc(C2OCCO2)c1Cl. The maximum Gasteiger partial charge on any atom is 0.202 e. The van der Waals surface area contributed by atoms with E-state index in [1.54, 1.807) is 12.1 Å². The standard InChI is InChI=1S/C13H11Cl2N3O2/c14-8-3-1-7(2-4-8)12-17-10(9(15)11(16)18-12)13-19-5-6-20-13/h1-4,13H,5-6H2,(H2,16,17,18). The zero-order chi connectivity index (χ0) is 14.1. The fraction of sp³-hybridized carbons (Fsp3) is 0.231. The molecule has 0 amide bonds. The van der Waals surface area contributed by atoms with E-state index in [2.05, 4.69) is 9.97 Å². The lowest BCUT2D eigenvalue weighted by Crippen LogP contribution is -2.08. The Hall–Kier alpha value is -1.40. The number of benzene rings is 1. The summed E-state index contributed by atoms with van der Waals surface area (Å²) in [5.74, 6) is 0.651. The minimum atomic E-state index is -0.598. The second-order valence-corrected chi connectivity index (χ2v) is 5.03. The first-order valence-corrected chi connectivity index (χ1v) is 6.73. The number of nitrogens with zero attached hydrogens (tertiary/aromatic N) is 2. The van der Waals surface area contributed by atoms with Gasteiger partial charge in [0.2, 0.25) is 6.29 Å². The van der Waals surface area contributed by atoms with E-state index in [1.165, 1.54) is 0 Å². The lowest BCUT2D eigenvalue weighted by molar-refractivity contribution is -0.0471. The molecule has 0 unspecified atom stereocenters. The van der Waals surface area contributed by atoms with Crippen molar-refractivity contribution in [2.24, 2.45) is 0 Å². The zero-order valence-electron chi connectivity index (χ0n) is 10.3. The van der Waals surface area contributed by atoms with Crippen LogP contribution in [0.25, 0.3) is 11.4 Å². The average molecular weight is 312 g/mol. The van der Waals surface area contributed by atoms with Gasteiger partial charge < -0.3 is 15.2 Å². The molecule has 104 valence electrons. The van der Waals surface area contributed by atoms with Crippen LogP contribution < -0.4 is 5.73 Å². The van der Waals surface area contributed by atoms with E-state index < -0.39 is 6.29 Å². The number of halogens is 2. The molecule has 0 atom stereocenters. The van der Waals surface area contributed by atoms with E-state index in [-0.39, 0.29) is 10.8 Å². The summed E-state index contributed by atoms with van der Waals surface area (Å²) in [6.07, 6.45) is -0.598. The molecule has 1 saturated heterocycles. The van der Waals surface area contributed by atoms with Crippen molar-refractivity contribution < 1.29 is 9.47 Å². The molecule has 0 aliphatic carbocycles. The van der Waals surface area contributed by atoms with Gasteiger partial charge in [-0.1, -0.05) is 23.2 Å². The van der Waals surface area contributed by atoms with Crippen LogP contribution in [0.5, 0.6) is 0 Å². The Kier molecular flexibility index (Phi) is 3.76. The molecule has 0 bridgehead atoms. The van der Waals surface area contributed by atoms with Gasteiger partial charge in [-0.15, -0.1) is 0 Å². The van der Waals surface area contributed by atoms with Crippen molar-refractivity contribution in [2.45, 2.75) is 6.29 Å². The highest BCUT2D eigenvalue weighted by Gasteiger charge is 2.25. The van der Waals surface area contributed by atoms with E-state index in [0.717, 1.165) is 5.56 Å². The first-order chi connectivity index (χ1) is 9.65. The molecule has 0 saturated carbocycles. The average Bonchev–Trinajstić information content (AvgIpc) is 2.96. The maximum absolute atomic E-state index is 6.13. The lowest BCUT2D eigenvalue weighted by atomic mass is 10.2. The second-order valence-electron chi connectivity index (χ2n) is 4.21. The summed E-state index contributed by atoms with van der Waals surface area (Å²) in [4.78, 5) is 8.58. The van der Waals surface area contributed by atoms with Crippen LogP contribution in [0.15, 0.2) is 24.3 Å². The Morgan fingerprint density at radius 2 is 1.70 bits per heavy atom. The summed E-state index contributed by atoms with van der Waals surface area (Å²) >= 11 is 12.0. The van der Waals surface area contributed by atoms with Crippen molar-refractivity contribution in [2.75, 3.05) is 18.9 Å². The van der Waals surface area contributed by atoms with Crippen molar-refractivity contribution in [3.8, 4) is 11.4 Å². The zero-order valence-corrected chi connectivity index (χ0v) is 11.9. The number of hydrogen-bond donors (Lipinski definition) is 1. The summed E-state index contributed by atoms with van der Waals surface area (Å²) in [7, 11) is 0. The van der Waals surface area contributed by atoms with Crippen LogP contribution >= 0.6 is 23.2 Å². The van der Waals surface area contributed by atoms with Crippen molar-refractivity contribution in [3.63, 3.8) is 0 Å². The van der Waals surface area contributed by atoms with E-state index in [4.69, 9.17) is 38.4 Å². The van der Waals surface area contributed by atoms with Crippen molar-refractivity contribution in [1.82, 2.24) is 9.97 Å². The van der Waals surface area contributed by atoms with Gasteiger partial charge in [0.05, 0.1) is 13.2 Å². The molecule has 2 N–H and O–H groups in total. The number of rotatable bonds is 2. The Morgan fingerprint density at radius 3 is 2.35 bits per heavy atom. The first kappa shape index (κ1) is 13.6. The van der Waals surface area contributed by atoms with E-state index in [9.17, 15) is 0 Å². The molecule has 3 rings (SSSR count). The Bertz CT molecular complexity index is 628. The van der Waals surface area contributed by atoms with Gasteiger partial charge in [-0.2, -0.15) is 0 Å². The van der Waals surface area contributed by atoms with Gasteiger partial charge in [0, 0.05) is 10.6 Å². The molecular weight excluding hydrogens is 301 g/mol. The first-order valence-electron chi connectivity index (χ1n) is 5.97. The molecule has 2 heterocycles. The van der Waals surface area contributed by atoms with Gasteiger partial charge in [-0.3, -0.25) is 0 Å². The van der Waals surface area contributed by atoms with Gasteiger partial charge in [0.15, 0.2) is 5.82 Å². The normalized spacial score (nSPS) is 15.7. The number of nitrogen functional groups attached to an aromatic ring is 1. The molecule has 1 aromatic heterocycles. The molecule has 20 heavy (non-hydrogen) atoms. The quantitative estimate of drug-likeness (QED) is 0.923. The molecule has 0 radical (unpaired) electrons. The third-order valence-corrected chi connectivity index (χ3v) is 3.49. The predicted octanol–water partition coefficient (Wildman–Crippen LogP) is 3.08. The van der Waals surface area contributed by atoms with Gasteiger partial charge in [0.1, 0.15) is 16.5 Å². The maximum atomic E-state index is 6.13. The molecule has 5 nitrogen and oxygen atoms in total. The Labute approximate surface area is 125 Å². The topological polar surface area (TPSA) is 70.3 Å². The van der Waals surface area contributed by atoms with Gasteiger partial charge in [0.25, 0.3) is 0 Å². The Morgan fingerprint density at radius 1 is 1.05 bits per heavy atom. The van der Waals surface area contributed by atoms with Crippen LogP contribution in [0.1, 0.15) is 12.0 Å². The number of aromatic nitrogens is 2. The van der Waals surface area contributed by atoms with Gasteiger partial charge in [-0.25, -0.2) is 9.97 Å². The van der Waals surface area contributed by atoms with E-state index >= 15 is 0 Å². The van der Waals surface area contributed by atoms with E-state index in [1.807, 2.05) is 12.1 Å². The highest BCUT2D eigenvalue weighted by Crippen LogP contribution is 2.32. The largest absolute Gasteiger partial charge is 0.382 e. The van der Waals surface area contributed by atoms with Crippen molar-refractivity contribution >= 4 is 29.0 Å². The highest BCUT2D eigenvalue weighted by atomic mass is 35.5. The molecular formula is C13H11Cl2N3O2. The third-order valence-electron chi connectivity index (χ3n) is 2.85. The Balaban J connectivity index is 2.05. The molecule has 1 aromatic carbocycles. The fourth-order valence-electron chi connectivity index (χ4n) is 1.88. The third kappa shape index (κ3) is 2.58. The minimum Gasteiger partial charge on any atom is -0.382 e. The van der Waals surface area contributed by atoms with Crippen LogP contribution in [-0.2, 0) is 9.47 Å². The van der Waals surface area contributed by atoms with Crippen molar-refractivity contribution in [1.29, 1.82) is 0 Å². The van der Waals surface area contributed by atoms with Crippen LogP contribution in [0, 0.1) is 0 Å². The summed E-state index contributed by atoms with van der Waals surface area (Å²) in [5.41, 5.74) is 7.07. The monoisotopic (exact) mass is 311 g/mol. The summed E-state index contributed by atoms with van der Waals surface area (Å²) in [6, 6.07) is 7.14. The molecule has 1 aliphatic rings. The van der Waals surface area contributed by atoms with Gasteiger partial charge in [-0.05, 0) is 24.3 Å². The number of anilines is 1. The van der Waals surface area contributed by atoms with Crippen LogP contribution in [0.2, 0.25) is 10.0 Å². The van der Waals surface area contributed by atoms with Gasteiger partial charge >= 0.3 is 0 Å². The second kappa shape index (κ2) is 5.54. The van der Waals surface area contributed by atoms with Crippen LogP contribution in [-0.4, -0.2) is 23.2 Å². The molecule has 1 aliphatic heterocycles.